The van der Waals surface area contributed by atoms with Gasteiger partial charge in [0.05, 0.1) is 7.11 Å². The van der Waals surface area contributed by atoms with E-state index in [2.05, 4.69) is 29.4 Å². The lowest BCUT2D eigenvalue weighted by Crippen LogP contribution is -2.21. The summed E-state index contributed by atoms with van der Waals surface area (Å²) >= 11 is 0. The minimum Gasteiger partial charge on any atom is -0.497 e. The van der Waals surface area contributed by atoms with Gasteiger partial charge in [-0.2, -0.15) is 0 Å². The fraction of sp³-hybridized carbons (Fsp3) is 0.571. The van der Waals surface area contributed by atoms with Gasteiger partial charge in [-0.3, -0.25) is 0 Å². The zero-order valence-electron chi connectivity index (χ0n) is 10.8. The molecule has 0 aliphatic carbocycles. The van der Waals surface area contributed by atoms with Gasteiger partial charge < -0.3 is 15.0 Å². The molecule has 1 unspecified atom stereocenters. The van der Waals surface area contributed by atoms with E-state index in [0.717, 1.165) is 18.2 Å². The first-order chi connectivity index (χ1) is 8.29. The largest absolute Gasteiger partial charge is 0.497 e. The van der Waals surface area contributed by atoms with E-state index in [1.54, 1.807) is 7.11 Å². The lowest BCUT2D eigenvalue weighted by molar-refractivity contribution is 0.415. The van der Waals surface area contributed by atoms with Crippen LogP contribution in [0.4, 0.5) is 5.69 Å². The Bertz CT molecular complexity index is 331. The predicted molar refractivity (Wildman–Crippen MR) is 71.9 cm³/mol. The molecule has 17 heavy (non-hydrogen) atoms. The molecule has 1 aliphatic rings. The fourth-order valence-corrected chi connectivity index (χ4v) is 2.30. The first-order valence-corrected chi connectivity index (χ1v) is 6.35. The standard InChI is InChI=1S/C14H22N2O/c1-16(10-8-12-7-9-15-11-12)13-3-5-14(17-2)6-4-13/h3-6,12,15H,7-11H2,1-2H3. The van der Waals surface area contributed by atoms with Gasteiger partial charge >= 0.3 is 0 Å². The highest BCUT2D eigenvalue weighted by molar-refractivity contribution is 5.48. The third kappa shape index (κ3) is 3.37. The number of methoxy groups -OCH3 is 1. The van der Waals surface area contributed by atoms with Gasteiger partial charge in [-0.15, -0.1) is 0 Å². The van der Waals surface area contributed by atoms with Gasteiger partial charge in [0.15, 0.2) is 0 Å². The number of anilines is 1. The number of nitrogens with one attached hydrogen (secondary N) is 1. The normalized spacial score (nSPS) is 19.3. The van der Waals surface area contributed by atoms with Gasteiger partial charge in [0.25, 0.3) is 0 Å². The van der Waals surface area contributed by atoms with Gasteiger partial charge in [-0.25, -0.2) is 0 Å². The molecule has 0 spiro atoms. The van der Waals surface area contributed by atoms with Crippen molar-refractivity contribution in [3.63, 3.8) is 0 Å². The summed E-state index contributed by atoms with van der Waals surface area (Å²) in [5.74, 6) is 1.78. The van der Waals surface area contributed by atoms with Crippen molar-refractivity contribution in [2.24, 2.45) is 5.92 Å². The van der Waals surface area contributed by atoms with E-state index in [4.69, 9.17) is 4.74 Å². The summed E-state index contributed by atoms with van der Waals surface area (Å²) < 4.78 is 5.16. The Morgan fingerprint density at radius 1 is 1.35 bits per heavy atom. The quantitative estimate of drug-likeness (QED) is 0.844. The van der Waals surface area contributed by atoms with Crippen LogP contribution in [0.5, 0.6) is 5.75 Å². The van der Waals surface area contributed by atoms with Gasteiger partial charge in [0, 0.05) is 19.3 Å². The topological polar surface area (TPSA) is 24.5 Å². The van der Waals surface area contributed by atoms with Crippen LogP contribution in [0.2, 0.25) is 0 Å². The maximum Gasteiger partial charge on any atom is 0.119 e. The minimum atomic E-state index is 0.857. The number of hydrogen-bond donors (Lipinski definition) is 1. The number of hydrogen-bond acceptors (Lipinski definition) is 3. The second kappa shape index (κ2) is 5.92. The van der Waals surface area contributed by atoms with E-state index in [1.807, 2.05) is 12.1 Å². The van der Waals surface area contributed by atoms with E-state index in [-0.39, 0.29) is 0 Å². The van der Waals surface area contributed by atoms with Gasteiger partial charge in [-0.05, 0) is 56.1 Å². The van der Waals surface area contributed by atoms with E-state index < -0.39 is 0 Å². The number of rotatable bonds is 5. The summed E-state index contributed by atoms with van der Waals surface area (Å²) in [5.41, 5.74) is 1.26. The Balaban J connectivity index is 1.83. The van der Waals surface area contributed by atoms with Crippen LogP contribution in [-0.4, -0.2) is 33.8 Å². The van der Waals surface area contributed by atoms with Crippen molar-refractivity contribution in [3.8, 4) is 5.75 Å². The van der Waals surface area contributed by atoms with Gasteiger partial charge in [-0.1, -0.05) is 0 Å². The maximum atomic E-state index is 5.16. The molecule has 1 atom stereocenters. The van der Waals surface area contributed by atoms with E-state index in [9.17, 15) is 0 Å². The average Bonchev–Trinajstić information content (AvgIpc) is 2.89. The first kappa shape index (κ1) is 12.2. The molecule has 3 nitrogen and oxygen atoms in total. The van der Waals surface area contributed by atoms with E-state index >= 15 is 0 Å². The van der Waals surface area contributed by atoms with Crippen LogP contribution in [0.25, 0.3) is 0 Å². The third-order valence-corrected chi connectivity index (χ3v) is 3.55. The van der Waals surface area contributed by atoms with Crippen LogP contribution >= 0.6 is 0 Å². The highest BCUT2D eigenvalue weighted by Crippen LogP contribution is 2.20. The Labute approximate surface area is 104 Å². The second-order valence-electron chi connectivity index (χ2n) is 4.77. The molecule has 1 N–H and O–H groups in total. The molecule has 1 aliphatic heterocycles. The highest BCUT2D eigenvalue weighted by atomic mass is 16.5. The molecule has 1 heterocycles. The summed E-state index contributed by atoms with van der Waals surface area (Å²) in [7, 11) is 3.86. The summed E-state index contributed by atoms with van der Waals surface area (Å²) in [6.45, 7) is 3.51. The lowest BCUT2D eigenvalue weighted by Gasteiger charge is -2.21. The van der Waals surface area contributed by atoms with E-state index in [1.165, 1.54) is 31.6 Å². The van der Waals surface area contributed by atoms with Crippen molar-refractivity contribution in [3.05, 3.63) is 24.3 Å². The SMILES string of the molecule is COc1ccc(N(C)CCC2CCNC2)cc1. The maximum absolute atomic E-state index is 5.16. The zero-order valence-corrected chi connectivity index (χ0v) is 10.8. The summed E-state index contributed by atoms with van der Waals surface area (Å²) in [5, 5.41) is 3.42. The molecule has 1 saturated heterocycles. The second-order valence-corrected chi connectivity index (χ2v) is 4.77. The van der Waals surface area contributed by atoms with Crippen LogP contribution in [0.15, 0.2) is 24.3 Å². The smallest absolute Gasteiger partial charge is 0.119 e. The molecule has 0 aromatic heterocycles. The predicted octanol–water partition coefficient (Wildman–Crippen LogP) is 2.13. The van der Waals surface area contributed by atoms with Crippen molar-refractivity contribution < 1.29 is 4.74 Å². The molecule has 1 aromatic carbocycles. The number of benzene rings is 1. The molecule has 3 heteroatoms. The fourth-order valence-electron chi connectivity index (χ4n) is 2.30. The molecular formula is C14H22N2O. The average molecular weight is 234 g/mol. The molecule has 0 bridgehead atoms. The molecular weight excluding hydrogens is 212 g/mol. The van der Waals surface area contributed by atoms with Gasteiger partial charge in [0.2, 0.25) is 0 Å². The van der Waals surface area contributed by atoms with Crippen molar-refractivity contribution in [2.75, 3.05) is 38.7 Å². The Hall–Kier alpha value is -1.22. The van der Waals surface area contributed by atoms with Crippen LogP contribution in [-0.2, 0) is 0 Å². The Morgan fingerprint density at radius 2 is 2.12 bits per heavy atom. The summed E-state index contributed by atoms with van der Waals surface area (Å²) in [6.07, 6.45) is 2.60. The molecule has 2 rings (SSSR count). The molecule has 94 valence electrons. The molecule has 0 amide bonds. The summed E-state index contributed by atoms with van der Waals surface area (Å²) in [4.78, 5) is 2.32. The third-order valence-electron chi connectivity index (χ3n) is 3.55. The van der Waals surface area contributed by atoms with Crippen LogP contribution < -0.4 is 15.0 Å². The number of nitrogens with zero attached hydrogens (tertiary/aromatic N) is 1. The van der Waals surface area contributed by atoms with E-state index in [0.29, 0.717) is 0 Å². The lowest BCUT2D eigenvalue weighted by atomic mass is 10.0. The van der Waals surface area contributed by atoms with Crippen LogP contribution in [0, 0.1) is 5.92 Å². The Morgan fingerprint density at radius 3 is 2.71 bits per heavy atom. The zero-order chi connectivity index (χ0) is 12.1. The van der Waals surface area contributed by atoms with Crippen molar-refractivity contribution in [2.45, 2.75) is 12.8 Å². The highest BCUT2D eigenvalue weighted by Gasteiger charge is 2.14. The van der Waals surface area contributed by atoms with Crippen molar-refractivity contribution in [1.29, 1.82) is 0 Å². The van der Waals surface area contributed by atoms with Crippen LogP contribution in [0.1, 0.15) is 12.8 Å². The monoisotopic (exact) mass is 234 g/mol. The Kier molecular flexibility index (Phi) is 4.26. The van der Waals surface area contributed by atoms with Crippen LogP contribution in [0.3, 0.4) is 0 Å². The molecule has 1 fully saturated rings. The molecule has 0 saturated carbocycles. The number of ether oxygens (including phenoxy) is 1. The molecule has 0 radical (unpaired) electrons. The first-order valence-electron chi connectivity index (χ1n) is 6.35. The van der Waals surface area contributed by atoms with Crippen molar-refractivity contribution >= 4 is 5.69 Å². The molecule has 1 aromatic rings. The van der Waals surface area contributed by atoms with Gasteiger partial charge in [0.1, 0.15) is 5.75 Å². The minimum absolute atomic E-state index is 0.857. The van der Waals surface area contributed by atoms with Crippen molar-refractivity contribution in [1.82, 2.24) is 5.32 Å². The summed E-state index contributed by atoms with van der Waals surface area (Å²) in [6, 6.07) is 8.27.